The summed E-state index contributed by atoms with van der Waals surface area (Å²) in [6, 6.07) is 14.4. The fourth-order valence-corrected chi connectivity index (χ4v) is 2.95. The van der Waals surface area contributed by atoms with Gasteiger partial charge < -0.3 is 10.6 Å². The third kappa shape index (κ3) is 10.4. The van der Waals surface area contributed by atoms with Gasteiger partial charge in [-0.25, -0.2) is 9.59 Å². The third-order valence-corrected chi connectivity index (χ3v) is 5.06. The first-order chi connectivity index (χ1) is 14.5. The van der Waals surface area contributed by atoms with E-state index in [0.717, 1.165) is 46.0 Å². The first-order valence-corrected chi connectivity index (χ1v) is 11.2. The molecule has 0 saturated heterocycles. The number of urea groups is 2. The molecular weight excluding hydrogens is 516 g/mol. The van der Waals surface area contributed by atoms with Gasteiger partial charge >= 0.3 is 12.1 Å². The van der Waals surface area contributed by atoms with Gasteiger partial charge in [0.25, 0.3) is 0 Å². The minimum atomic E-state index is -0.269. The van der Waals surface area contributed by atoms with E-state index in [0.29, 0.717) is 13.1 Å². The van der Waals surface area contributed by atoms with Gasteiger partial charge in [-0.05, 0) is 61.4 Å². The van der Waals surface area contributed by atoms with Crippen LogP contribution in [0.3, 0.4) is 0 Å². The zero-order valence-corrected chi connectivity index (χ0v) is 19.6. The number of carbonyl (C=O) groups excluding carboxylic acids is 2. The molecule has 0 aliphatic heterocycles. The molecule has 0 atom stereocenters. The lowest BCUT2D eigenvalue weighted by molar-refractivity contribution is 0.241. The maximum absolute atomic E-state index is 11.7. The summed E-state index contributed by atoms with van der Waals surface area (Å²) < 4.78 is 1.96. The molecule has 8 nitrogen and oxygen atoms in total. The molecule has 0 bridgehead atoms. The Morgan fingerprint density at radius 2 is 0.967 bits per heavy atom. The van der Waals surface area contributed by atoms with Crippen LogP contribution in [-0.2, 0) is 0 Å². The lowest BCUT2D eigenvalue weighted by atomic mass is 10.2. The molecule has 0 radical (unpaired) electrons. The highest BCUT2D eigenvalue weighted by atomic mass is 79.9. The number of amides is 4. The summed E-state index contributed by atoms with van der Waals surface area (Å²) in [7, 11) is 0. The molecule has 10 heteroatoms. The van der Waals surface area contributed by atoms with Gasteiger partial charge in [-0.1, -0.05) is 44.7 Å². The molecule has 0 fully saturated rings. The molecule has 2 aromatic carbocycles. The molecular formula is C20H26Br2N6O2. The zero-order valence-electron chi connectivity index (χ0n) is 16.4. The predicted molar refractivity (Wildman–Crippen MR) is 127 cm³/mol. The van der Waals surface area contributed by atoms with Crippen LogP contribution in [0.5, 0.6) is 0 Å². The van der Waals surface area contributed by atoms with Crippen LogP contribution < -0.4 is 32.3 Å². The van der Waals surface area contributed by atoms with Gasteiger partial charge in [0.2, 0.25) is 0 Å². The molecule has 0 heterocycles. The predicted octanol–water partition coefficient (Wildman–Crippen LogP) is 4.72. The molecule has 0 aromatic heterocycles. The molecule has 0 spiro atoms. The third-order valence-electron chi connectivity index (χ3n) is 4.00. The number of unbranched alkanes of at least 4 members (excludes halogenated alkanes) is 3. The number of benzene rings is 2. The van der Waals surface area contributed by atoms with Gasteiger partial charge in [0, 0.05) is 22.0 Å². The van der Waals surface area contributed by atoms with Crippen molar-refractivity contribution in [2.45, 2.75) is 25.7 Å². The molecule has 162 valence electrons. The molecule has 0 aliphatic rings. The van der Waals surface area contributed by atoms with Gasteiger partial charge in [0.15, 0.2) is 0 Å². The summed E-state index contributed by atoms with van der Waals surface area (Å²) in [6.07, 6.45) is 3.70. The minimum Gasteiger partial charge on any atom is -0.337 e. The molecule has 4 amide bonds. The number of rotatable bonds is 11. The minimum absolute atomic E-state index is 0.269. The SMILES string of the molecule is O=C(NCCCCCCNC(=O)NNc1ccc(Br)cc1)NNc1ccc(Br)cc1. The van der Waals surface area contributed by atoms with Crippen LogP contribution in [0.2, 0.25) is 0 Å². The molecule has 30 heavy (non-hydrogen) atoms. The van der Waals surface area contributed by atoms with Gasteiger partial charge in [0.05, 0.1) is 11.4 Å². The summed E-state index contributed by atoms with van der Waals surface area (Å²) in [5.74, 6) is 0. The maximum atomic E-state index is 11.7. The number of carbonyl (C=O) groups is 2. The van der Waals surface area contributed by atoms with E-state index < -0.39 is 0 Å². The van der Waals surface area contributed by atoms with Crippen LogP contribution >= 0.6 is 31.9 Å². The lowest BCUT2D eigenvalue weighted by Crippen LogP contribution is -2.39. The number of anilines is 2. The Hall–Kier alpha value is -2.46. The second kappa shape index (κ2) is 13.7. The van der Waals surface area contributed by atoms with E-state index in [9.17, 15) is 9.59 Å². The molecule has 6 N–H and O–H groups in total. The fraction of sp³-hybridized carbons (Fsp3) is 0.300. The quantitative estimate of drug-likeness (QED) is 0.183. The van der Waals surface area contributed by atoms with Crippen molar-refractivity contribution in [1.29, 1.82) is 0 Å². The fourth-order valence-electron chi connectivity index (χ4n) is 2.42. The average Bonchev–Trinajstić information content (AvgIpc) is 2.74. The zero-order chi connectivity index (χ0) is 21.6. The first kappa shape index (κ1) is 23.8. The summed E-state index contributed by atoms with van der Waals surface area (Å²) in [5, 5.41) is 5.59. The summed E-state index contributed by atoms with van der Waals surface area (Å²) in [4.78, 5) is 23.4. The first-order valence-electron chi connectivity index (χ1n) is 9.64. The monoisotopic (exact) mass is 540 g/mol. The van der Waals surface area contributed by atoms with Crippen molar-refractivity contribution >= 4 is 55.3 Å². The lowest BCUT2D eigenvalue weighted by Gasteiger charge is -2.10. The summed E-state index contributed by atoms with van der Waals surface area (Å²) in [5.41, 5.74) is 12.5. The van der Waals surface area contributed by atoms with Crippen molar-refractivity contribution in [1.82, 2.24) is 21.5 Å². The summed E-state index contributed by atoms with van der Waals surface area (Å²) >= 11 is 6.72. The van der Waals surface area contributed by atoms with Crippen LogP contribution in [-0.4, -0.2) is 25.2 Å². The Balaban J connectivity index is 1.41. The van der Waals surface area contributed by atoms with E-state index >= 15 is 0 Å². The Morgan fingerprint density at radius 3 is 1.33 bits per heavy atom. The highest BCUT2D eigenvalue weighted by Gasteiger charge is 2.01. The topological polar surface area (TPSA) is 106 Å². The maximum Gasteiger partial charge on any atom is 0.333 e. The largest absolute Gasteiger partial charge is 0.337 e. The molecule has 2 aromatic rings. The smallest absolute Gasteiger partial charge is 0.333 e. The number of hydrogen-bond acceptors (Lipinski definition) is 4. The normalized spacial score (nSPS) is 10.1. The highest BCUT2D eigenvalue weighted by molar-refractivity contribution is 9.10. The van der Waals surface area contributed by atoms with Crippen molar-refractivity contribution in [2.75, 3.05) is 23.9 Å². The van der Waals surface area contributed by atoms with Gasteiger partial charge in [-0.3, -0.25) is 21.7 Å². The molecule has 0 aliphatic carbocycles. The average molecular weight is 542 g/mol. The van der Waals surface area contributed by atoms with Crippen LogP contribution in [0.1, 0.15) is 25.7 Å². The van der Waals surface area contributed by atoms with E-state index in [4.69, 9.17) is 0 Å². The van der Waals surface area contributed by atoms with Crippen molar-refractivity contribution in [3.8, 4) is 0 Å². The van der Waals surface area contributed by atoms with Crippen LogP contribution in [0.4, 0.5) is 21.0 Å². The van der Waals surface area contributed by atoms with E-state index in [2.05, 4.69) is 64.2 Å². The van der Waals surface area contributed by atoms with E-state index in [1.54, 1.807) is 0 Å². The van der Waals surface area contributed by atoms with E-state index in [1.807, 2.05) is 48.5 Å². The van der Waals surface area contributed by atoms with Crippen molar-refractivity contribution in [2.24, 2.45) is 0 Å². The second-order valence-electron chi connectivity index (χ2n) is 6.44. The van der Waals surface area contributed by atoms with Crippen LogP contribution in [0.25, 0.3) is 0 Å². The van der Waals surface area contributed by atoms with Crippen molar-refractivity contribution in [3.05, 3.63) is 57.5 Å². The number of hydrogen-bond donors (Lipinski definition) is 6. The number of halogens is 2. The van der Waals surface area contributed by atoms with Gasteiger partial charge in [0.1, 0.15) is 0 Å². The number of nitrogens with one attached hydrogen (secondary N) is 6. The van der Waals surface area contributed by atoms with Crippen LogP contribution in [0.15, 0.2) is 57.5 Å². The summed E-state index contributed by atoms with van der Waals surface area (Å²) in [6.45, 7) is 1.19. The van der Waals surface area contributed by atoms with Crippen molar-refractivity contribution in [3.63, 3.8) is 0 Å². The Bertz CT molecular complexity index is 719. The molecule has 0 unspecified atom stereocenters. The Kier molecular flexibility index (Phi) is 10.9. The number of hydrazine groups is 2. The van der Waals surface area contributed by atoms with Crippen LogP contribution in [0, 0.1) is 0 Å². The highest BCUT2D eigenvalue weighted by Crippen LogP contribution is 2.13. The van der Waals surface area contributed by atoms with Gasteiger partial charge in [-0.15, -0.1) is 0 Å². The molecule has 2 rings (SSSR count). The van der Waals surface area contributed by atoms with Crippen molar-refractivity contribution < 1.29 is 9.59 Å². The second-order valence-corrected chi connectivity index (χ2v) is 8.27. The molecule has 0 saturated carbocycles. The Labute approximate surface area is 193 Å². The standard InChI is InChI=1S/C20H26Br2N6O2/c21-15-5-9-17(10-6-15)25-27-19(29)23-13-3-1-2-4-14-24-20(30)28-26-18-11-7-16(22)8-12-18/h5-12,25-26H,1-4,13-14H2,(H2,23,27,29)(H2,24,28,30). The van der Waals surface area contributed by atoms with Gasteiger partial charge in [-0.2, -0.15) is 0 Å². The van der Waals surface area contributed by atoms with E-state index in [-0.39, 0.29) is 12.1 Å². The Morgan fingerprint density at radius 1 is 0.600 bits per heavy atom. The van der Waals surface area contributed by atoms with E-state index in [1.165, 1.54) is 0 Å².